The summed E-state index contributed by atoms with van der Waals surface area (Å²) in [4.78, 5) is 78.1. The molecule has 3 aliphatic heterocycles. The lowest BCUT2D eigenvalue weighted by molar-refractivity contribution is -0.156. The number of fused-ring (bicyclic) bond motifs is 2. The summed E-state index contributed by atoms with van der Waals surface area (Å²) in [5, 5.41) is 2.05. The van der Waals surface area contributed by atoms with Gasteiger partial charge in [-0.15, -0.1) is 11.8 Å². The predicted molar refractivity (Wildman–Crippen MR) is 166 cm³/mol. The number of benzene rings is 1. The van der Waals surface area contributed by atoms with E-state index in [0.29, 0.717) is 35.3 Å². The minimum absolute atomic E-state index is 0.0659. The average Bonchev–Trinajstić information content (AvgIpc) is 3.49. The number of hydrogen-bond donors (Lipinski definition) is 1. The molecule has 1 aromatic rings. The van der Waals surface area contributed by atoms with Crippen molar-refractivity contribution in [1.29, 1.82) is 0 Å². The van der Waals surface area contributed by atoms with Crippen LogP contribution < -0.4 is 10.1 Å². The van der Waals surface area contributed by atoms with Crippen molar-refractivity contribution >= 4 is 47.5 Å². The van der Waals surface area contributed by atoms with Gasteiger partial charge in [0, 0.05) is 24.7 Å². The van der Waals surface area contributed by atoms with Crippen molar-refractivity contribution < 1.29 is 52.5 Å². The van der Waals surface area contributed by atoms with Crippen LogP contribution in [0.15, 0.2) is 70.9 Å². The molecule has 1 aromatic carbocycles. The maximum absolute atomic E-state index is 13.7. The maximum Gasteiger partial charge on any atom is 0.355 e. The first-order chi connectivity index (χ1) is 22.6. The molecule has 0 bridgehead atoms. The van der Waals surface area contributed by atoms with E-state index in [-0.39, 0.29) is 43.7 Å². The van der Waals surface area contributed by atoms with E-state index in [4.69, 9.17) is 23.7 Å². The Morgan fingerprint density at radius 1 is 1.04 bits per heavy atom. The van der Waals surface area contributed by atoms with Crippen LogP contribution >= 0.6 is 11.8 Å². The molecule has 3 heterocycles. The second-order valence-corrected chi connectivity index (χ2v) is 12.0. The van der Waals surface area contributed by atoms with Crippen LogP contribution in [-0.2, 0) is 54.3 Å². The Balaban J connectivity index is 1.32. The van der Waals surface area contributed by atoms with E-state index < -0.39 is 47.1 Å². The summed E-state index contributed by atoms with van der Waals surface area (Å²) in [6.07, 6.45) is 6.00. The molecule has 1 saturated heterocycles. The molecule has 2 amide bonds. The number of carbonyl (C=O) groups is 6. The summed E-state index contributed by atoms with van der Waals surface area (Å²) in [5.74, 6) is -4.46. The molecule has 0 saturated carbocycles. The molecule has 248 valence electrons. The van der Waals surface area contributed by atoms with Crippen LogP contribution in [0.5, 0.6) is 5.75 Å². The largest absolute Gasteiger partial charge is 0.472 e. The smallest absolute Gasteiger partial charge is 0.355 e. The highest BCUT2D eigenvalue weighted by Crippen LogP contribution is 2.42. The second-order valence-electron chi connectivity index (χ2n) is 10.9. The molecule has 47 heavy (non-hydrogen) atoms. The highest BCUT2D eigenvalue weighted by molar-refractivity contribution is 8.00. The van der Waals surface area contributed by atoms with Crippen LogP contribution in [0.4, 0.5) is 0 Å². The summed E-state index contributed by atoms with van der Waals surface area (Å²) < 4.78 is 26.4. The maximum atomic E-state index is 13.7. The third-order valence-corrected chi connectivity index (χ3v) is 9.15. The van der Waals surface area contributed by atoms with Gasteiger partial charge in [0.1, 0.15) is 36.1 Å². The molecule has 3 atom stereocenters. The van der Waals surface area contributed by atoms with E-state index in [0.717, 1.165) is 11.1 Å². The molecule has 14 heteroatoms. The zero-order valence-electron chi connectivity index (χ0n) is 26.1. The van der Waals surface area contributed by atoms with Crippen molar-refractivity contribution in [1.82, 2.24) is 10.2 Å². The first-order valence-electron chi connectivity index (χ1n) is 15.1. The number of carbonyl (C=O) groups excluding carboxylic acids is 6. The lowest BCUT2D eigenvalue weighted by atomic mass is 9.92. The average molecular weight is 667 g/mol. The molecule has 13 nitrogen and oxygen atoms in total. The Kier molecular flexibility index (Phi) is 10.5. The number of amides is 2. The minimum Gasteiger partial charge on any atom is -0.472 e. The van der Waals surface area contributed by atoms with E-state index in [1.807, 2.05) is 0 Å². The summed E-state index contributed by atoms with van der Waals surface area (Å²) in [7, 11) is 0. The molecular weight excluding hydrogens is 632 g/mol. The van der Waals surface area contributed by atoms with Crippen LogP contribution in [0.25, 0.3) is 0 Å². The lowest BCUT2D eigenvalue weighted by Crippen LogP contribution is -2.71. The Morgan fingerprint density at radius 2 is 1.81 bits per heavy atom. The fraction of sp³-hybridized carbons (Fsp3) is 0.394. The number of thioether (sulfide) groups is 1. The number of β-lactam (4-membered cyclic amide) rings is 1. The number of allylic oxidation sites excluding steroid dienone is 3. The molecule has 4 aliphatic rings. The number of hydrogen-bond acceptors (Lipinski definition) is 12. The molecule has 1 fully saturated rings. The number of esters is 4. The van der Waals surface area contributed by atoms with Gasteiger partial charge < -0.3 is 29.0 Å². The molecule has 0 aromatic heterocycles. The topological polar surface area (TPSA) is 164 Å². The van der Waals surface area contributed by atoms with E-state index in [1.165, 1.54) is 29.8 Å². The number of ether oxygens (including phenoxy) is 5. The summed E-state index contributed by atoms with van der Waals surface area (Å²) in [6.45, 7) is 4.24. The van der Waals surface area contributed by atoms with Crippen molar-refractivity contribution in [2.45, 2.75) is 58.1 Å². The van der Waals surface area contributed by atoms with Crippen molar-refractivity contribution in [3.8, 4) is 5.75 Å². The summed E-state index contributed by atoms with van der Waals surface area (Å²) in [5.41, 5.74) is 3.09. The summed E-state index contributed by atoms with van der Waals surface area (Å²) in [6, 6.07) is 5.38. The number of nitrogens with one attached hydrogen (secondary N) is 1. The van der Waals surface area contributed by atoms with Gasteiger partial charge in [0.25, 0.3) is 5.91 Å². The minimum atomic E-state index is -1.27. The molecule has 1 aliphatic carbocycles. The van der Waals surface area contributed by atoms with E-state index in [9.17, 15) is 28.8 Å². The van der Waals surface area contributed by atoms with Gasteiger partial charge in [0.15, 0.2) is 5.92 Å². The highest BCUT2D eigenvalue weighted by Gasteiger charge is 2.55. The number of rotatable bonds is 12. The Morgan fingerprint density at radius 3 is 2.51 bits per heavy atom. The van der Waals surface area contributed by atoms with Gasteiger partial charge in [-0.1, -0.05) is 19.1 Å². The monoisotopic (exact) mass is 666 g/mol. The zero-order chi connectivity index (χ0) is 33.7. The van der Waals surface area contributed by atoms with E-state index in [2.05, 4.69) is 5.32 Å². The summed E-state index contributed by atoms with van der Waals surface area (Å²) >= 11 is 1.28. The van der Waals surface area contributed by atoms with Gasteiger partial charge in [-0.2, -0.15) is 0 Å². The van der Waals surface area contributed by atoms with E-state index >= 15 is 0 Å². The third-order valence-electron chi connectivity index (χ3n) is 7.81. The number of nitrogens with zero attached hydrogens (tertiary/aromatic N) is 1. The van der Waals surface area contributed by atoms with Gasteiger partial charge >= 0.3 is 23.9 Å². The fourth-order valence-electron chi connectivity index (χ4n) is 5.53. The van der Waals surface area contributed by atoms with Gasteiger partial charge in [0.2, 0.25) is 5.91 Å². The normalized spacial score (nSPS) is 20.2. The second kappa shape index (κ2) is 14.7. The standard InChI is InChI=1S/C33H34N2O11S/c1-4-25(37)46-22-9-6-19(7-10-22)14-45-33(41)28-21(16-44-18(3)36)17-47-31-27(30(39)35(28)31)34-29(38)26(32(40)43-5-2)24-11-8-20-15-42-13-12-23(20)24/h6-7,9-10,12-13,15,26-27,31H,4-5,8,11,14,16-17H2,1-3H3,(H,34,38). The lowest BCUT2D eigenvalue weighted by Gasteiger charge is -2.49. The fourth-order valence-corrected chi connectivity index (χ4v) is 6.85. The molecule has 0 radical (unpaired) electrons. The van der Waals surface area contributed by atoms with Crippen molar-refractivity contribution in [2.75, 3.05) is 19.0 Å². The predicted octanol–water partition coefficient (Wildman–Crippen LogP) is 2.96. The van der Waals surface area contributed by atoms with Crippen LogP contribution in [-0.4, -0.2) is 71.0 Å². The van der Waals surface area contributed by atoms with Crippen LogP contribution in [0, 0.1) is 5.92 Å². The Hall–Kier alpha value is -4.85. The van der Waals surface area contributed by atoms with Crippen LogP contribution in [0.3, 0.4) is 0 Å². The molecule has 3 unspecified atom stereocenters. The SMILES string of the molecule is CCOC(=O)C(C(=O)NC1C(=O)N2C(C(=O)OCc3ccc(OC(=O)CC)cc3)=C(COC(C)=O)CSC12)C1=C2C=COC=C2CC1. The quantitative estimate of drug-likeness (QED) is 0.114. The Labute approximate surface area is 274 Å². The molecule has 1 N–H and O–H groups in total. The van der Waals surface area contributed by atoms with Crippen molar-refractivity contribution in [2.24, 2.45) is 5.92 Å². The van der Waals surface area contributed by atoms with Crippen LogP contribution in [0.1, 0.15) is 45.6 Å². The molecule has 0 spiro atoms. The highest BCUT2D eigenvalue weighted by atomic mass is 32.2. The van der Waals surface area contributed by atoms with Gasteiger partial charge in [-0.25, -0.2) is 4.79 Å². The van der Waals surface area contributed by atoms with Crippen molar-refractivity contribution in [3.63, 3.8) is 0 Å². The first-order valence-corrected chi connectivity index (χ1v) is 16.2. The first kappa shape index (κ1) is 33.5. The zero-order valence-corrected chi connectivity index (χ0v) is 26.9. The third kappa shape index (κ3) is 7.27. The molecule has 5 rings (SSSR count). The van der Waals surface area contributed by atoms with Crippen molar-refractivity contribution in [3.05, 3.63) is 76.4 Å². The Bertz CT molecular complexity index is 1610. The molecular formula is C33H34N2O11S. The van der Waals surface area contributed by atoms with E-state index in [1.54, 1.807) is 50.5 Å². The van der Waals surface area contributed by atoms with Gasteiger partial charge in [-0.3, -0.25) is 28.9 Å². The van der Waals surface area contributed by atoms with Gasteiger partial charge in [-0.05, 0) is 60.3 Å². The van der Waals surface area contributed by atoms with Gasteiger partial charge in [0.05, 0.1) is 19.1 Å². The van der Waals surface area contributed by atoms with Crippen LogP contribution in [0.2, 0.25) is 0 Å².